The molecule has 0 aromatic carbocycles. The molecule has 0 heterocycles. The van der Waals surface area contributed by atoms with Gasteiger partial charge < -0.3 is 5.32 Å². The maximum absolute atomic E-state index is 11.0. The van der Waals surface area contributed by atoms with Gasteiger partial charge in [-0.15, -0.1) is 0 Å². The number of hydrogen-bond acceptors (Lipinski definition) is 3. The van der Waals surface area contributed by atoms with E-state index in [0.717, 1.165) is 0 Å². The number of nitrogens with one attached hydrogen (secondary N) is 1. The minimum absolute atomic E-state index is 0.0139. The third kappa shape index (κ3) is 4.75. The smallest absolute Gasteiger partial charge is 0.222 e. The standard InChI is InChI=1S/C7H16N2O2/c1-5(2)7(10)9-4-6(3)11-8/h5-6H,4,8H2,1-3H3,(H,9,10). The van der Waals surface area contributed by atoms with E-state index < -0.39 is 0 Å². The third-order valence-electron chi connectivity index (χ3n) is 1.32. The Morgan fingerprint density at radius 2 is 2.09 bits per heavy atom. The quantitative estimate of drug-likeness (QED) is 0.570. The van der Waals surface area contributed by atoms with Gasteiger partial charge in [0.25, 0.3) is 0 Å². The zero-order chi connectivity index (χ0) is 8.85. The fourth-order valence-corrected chi connectivity index (χ4v) is 0.497. The minimum atomic E-state index is -0.127. The monoisotopic (exact) mass is 160 g/mol. The molecule has 1 atom stereocenters. The summed E-state index contributed by atoms with van der Waals surface area (Å²) in [5, 5.41) is 2.69. The molecule has 66 valence electrons. The Hall–Kier alpha value is -0.610. The van der Waals surface area contributed by atoms with Crippen molar-refractivity contribution in [3.8, 4) is 0 Å². The molecular weight excluding hydrogens is 144 g/mol. The zero-order valence-corrected chi connectivity index (χ0v) is 7.26. The number of rotatable bonds is 4. The van der Waals surface area contributed by atoms with Crippen LogP contribution >= 0.6 is 0 Å². The molecule has 0 saturated heterocycles. The van der Waals surface area contributed by atoms with Gasteiger partial charge in [0.2, 0.25) is 5.91 Å². The molecule has 0 radical (unpaired) electrons. The van der Waals surface area contributed by atoms with Crippen molar-refractivity contribution in [3.63, 3.8) is 0 Å². The summed E-state index contributed by atoms with van der Waals surface area (Å²) in [4.78, 5) is 15.4. The van der Waals surface area contributed by atoms with Gasteiger partial charge in [0.1, 0.15) is 0 Å². The molecule has 4 heteroatoms. The van der Waals surface area contributed by atoms with Crippen LogP contribution in [0.2, 0.25) is 0 Å². The summed E-state index contributed by atoms with van der Waals surface area (Å²) in [5.41, 5.74) is 0. The van der Waals surface area contributed by atoms with Crippen molar-refractivity contribution in [3.05, 3.63) is 0 Å². The topological polar surface area (TPSA) is 64.3 Å². The Morgan fingerprint density at radius 1 is 1.55 bits per heavy atom. The maximum Gasteiger partial charge on any atom is 0.222 e. The summed E-state index contributed by atoms with van der Waals surface area (Å²) in [7, 11) is 0. The first-order valence-electron chi connectivity index (χ1n) is 3.71. The summed E-state index contributed by atoms with van der Waals surface area (Å²) in [6.45, 7) is 5.93. The minimum Gasteiger partial charge on any atom is -0.353 e. The Balaban J connectivity index is 3.46. The van der Waals surface area contributed by atoms with Crippen LogP contribution < -0.4 is 11.2 Å². The van der Waals surface area contributed by atoms with Crippen molar-refractivity contribution in [2.24, 2.45) is 11.8 Å². The van der Waals surface area contributed by atoms with E-state index in [0.29, 0.717) is 6.54 Å². The average molecular weight is 160 g/mol. The van der Waals surface area contributed by atoms with Gasteiger partial charge in [-0.25, -0.2) is 5.90 Å². The van der Waals surface area contributed by atoms with Gasteiger partial charge in [0.15, 0.2) is 0 Å². The summed E-state index contributed by atoms with van der Waals surface area (Å²) in [6.07, 6.45) is -0.127. The van der Waals surface area contributed by atoms with Crippen molar-refractivity contribution in [2.75, 3.05) is 6.54 Å². The SMILES string of the molecule is CC(CNC(=O)C(C)C)ON. The van der Waals surface area contributed by atoms with Crippen LogP contribution in [0.1, 0.15) is 20.8 Å². The molecule has 0 fully saturated rings. The highest BCUT2D eigenvalue weighted by molar-refractivity contribution is 5.77. The summed E-state index contributed by atoms with van der Waals surface area (Å²) in [6, 6.07) is 0. The molecule has 1 unspecified atom stereocenters. The first-order valence-corrected chi connectivity index (χ1v) is 3.71. The van der Waals surface area contributed by atoms with E-state index in [1.807, 2.05) is 13.8 Å². The predicted molar refractivity (Wildman–Crippen MR) is 42.6 cm³/mol. The zero-order valence-electron chi connectivity index (χ0n) is 7.26. The highest BCUT2D eigenvalue weighted by atomic mass is 16.6. The van der Waals surface area contributed by atoms with Gasteiger partial charge in [0, 0.05) is 12.5 Å². The molecule has 11 heavy (non-hydrogen) atoms. The van der Waals surface area contributed by atoms with Crippen LogP contribution in [0.3, 0.4) is 0 Å². The third-order valence-corrected chi connectivity index (χ3v) is 1.32. The maximum atomic E-state index is 11.0. The molecule has 0 aliphatic heterocycles. The summed E-state index contributed by atoms with van der Waals surface area (Å²) < 4.78 is 0. The Bertz CT molecular complexity index is 126. The van der Waals surface area contributed by atoms with Crippen LogP contribution in [0.4, 0.5) is 0 Å². The fraction of sp³-hybridized carbons (Fsp3) is 0.857. The van der Waals surface area contributed by atoms with E-state index >= 15 is 0 Å². The van der Waals surface area contributed by atoms with Crippen molar-refractivity contribution in [1.82, 2.24) is 5.32 Å². The number of carbonyl (C=O) groups is 1. The van der Waals surface area contributed by atoms with Crippen LogP contribution in [-0.2, 0) is 9.63 Å². The van der Waals surface area contributed by atoms with Crippen molar-refractivity contribution in [1.29, 1.82) is 0 Å². The van der Waals surface area contributed by atoms with Gasteiger partial charge in [-0.05, 0) is 6.92 Å². The van der Waals surface area contributed by atoms with Crippen molar-refractivity contribution < 1.29 is 9.63 Å². The van der Waals surface area contributed by atoms with Gasteiger partial charge in [-0.3, -0.25) is 9.63 Å². The number of amides is 1. The molecule has 0 bridgehead atoms. The molecule has 0 aromatic rings. The lowest BCUT2D eigenvalue weighted by atomic mass is 10.2. The molecule has 0 aromatic heterocycles. The van der Waals surface area contributed by atoms with Gasteiger partial charge >= 0.3 is 0 Å². The highest BCUT2D eigenvalue weighted by Gasteiger charge is 2.07. The lowest BCUT2D eigenvalue weighted by molar-refractivity contribution is -0.124. The van der Waals surface area contributed by atoms with E-state index in [2.05, 4.69) is 10.2 Å². The van der Waals surface area contributed by atoms with Crippen molar-refractivity contribution in [2.45, 2.75) is 26.9 Å². The Morgan fingerprint density at radius 3 is 2.45 bits per heavy atom. The van der Waals surface area contributed by atoms with E-state index in [1.165, 1.54) is 0 Å². The van der Waals surface area contributed by atoms with Gasteiger partial charge in [-0.1, -0.05) is 13.8 Å². The fourth-order valence-electron chi connectivity index (χ4n) is 0.497. The lowest BCUT2D eigenvalue weighted by Gasteiger charge is -2.11. The van der Waals surface area contributed by atoms with Crippen LogP contribution in [-0.4, -0.2) is 18.6 Å². The molecule has 0 aliphatic carbocycles. The molecule has 4 nitrogen and oxygen atoms in total. The summed E-state index contributed by atoms with van der Waals surface area (Å²) >= 11 is 0. The molecular formula is C7H16N2O2. The number of carbonyl (C=O) groups excluding carboxylic acids is 1. The number of nitrogens with two attached hydrogens (primary N) is 1. The van der Waals surface area contributed by atoms with E-state index in [4.69, 9.17) is 5.90 Å². The first kappa shape index (κ1) is 10.4. The predicted octanol–water partition coefficient (Wildman–Crippen LogP) is 0.0374. The second-order valence-electron chi connectivity index (χ2n) is 2.85. The van der Waals surface area contributed by atoms with Crippen molar-refractivity contribution >= 4 is 5.91 Å². The largest absolute Gasteiger partial charge is 0.353 e. The van der Waals surface area contributed by atoms with Crippen LogP contribution in [0.25, 0.3) is 0 Å². The number of hydrogen-bond donors (Lipinski definition) is 2. The Kier molecular flexibility index (Phi) is 4.81. The average Bonchev–Trinajstić information content (AvgIpc) is 1.99. The normalized spacial score (nSPS) is 13.2. The summed E-state index contributed by atoms with van der Waals surface area (Å²) in [5.74, 6) is 4.92. The van der Waals surface area contributed by atoms with E-state index in [1.54, 1.807) is 6.92 Å². The highest BCUT2D eigenvalue weighted by Crippen LogP contribution is 1.90. The van der Waals surface area contributed by atoms with Gasteiger partial charge in [-0.2, -0.15) is 0 Å². The van der Waals surface area contributed by atoms with Crippen LogP contribution in [0.5, 0.6) is 0 Å². The molecule has 0 rings (SSSR count). The van der Waals surface area contributed by atoms with E-state index in [-0.39, 0.29) is 17.9 Å². The second kappa shape index (κ2) is 5.09. The lowest BCUT2D eigenvalue weighted by Crippen LogP contribution is -2.35. The van der Waals surface area contributed by atoms with Crippen LogP contribution in [0.15, 0.2) is 0 Å². The van der Waals surface area contributed by atoms with E-state index in [9.17, 15) is 4.79 Å². The van der Waals surface area contributed by atoms with Gasteiger partial charge in [0.05, 0.1) is 6.10 Å². The van der Waals surface area contributed by atoms with Crippen LogP contribution in [0, 0.1) is 5.92 Å². The second-order valence-corrected chi connectivity index (χ2v) is 2.85. The molecule has 1 amide bonds. The molecule has 3 N–H and O–H groups in total. The Labute approximate surface area is 67.0 Å². The molecule has 0 spiro atoms. The molecule has 0 saturated carbocycles. The first-order chi connectivity index (χ1) is 5.07. The molecule has 0 aliphatic rings.